The van der Waals surface area contributed by atoms with Crippen molar-refractivity contribution in [2.24, 2.45) is 0 Å². The van der Waals surface area contributed by atoms with Gasteiger partial charge < -0.3 is 10.4 Å². The zero-order valence-corrected chi connectivity index (χ0v) is 15.6. The molecule has 3 rings (SSSR count). The van der Waals surface area contributed by atoms with Crippen LogP contribution in [0.2, 0.25) is 0 Å². The average molecular weight is 378 g/mol. The second-order valence-corrected chi connectivity index (χ2v) is 8.85. The van der Waals surface area contributed by atoms with Crippen LogP contribution < -0.4 is 5.32 Å². The van der Waals surface area contributed by atoms with Gasteiger partial charge in [-0.05, 0) is 28.8 Å². The number of likely N-dealkylation sites (N-methyl/N-ethyl adjacent to an activating group) is 1. The summed E-state index contributed by atoms with van der Waals surface area (Å²) in [4.78, 5) is 0. The number of aliphatic hydroxyl groups excluding tert-OH is 1. The quantitative estimate of drug-likeness (QED) is 0.804. The number of nitrogens with one attached hydrogen (secondary N) is 1. The summed E-state index contributed by atoms with van der Waals surface area (Å²) in [7, 11) is -1.71. The second kappa shape index (κ2) is 7.44. The zero-order valence-electron chi connectivity index (χ0n) is 14.8. The number of hydrogen-bond acceptors (Lipinski definition) is 4. The molecule has 2 aromatic carbocycles. The molecule has 0 bridgehead atoms. The highest BCUT2D eigenvalue weighted by Gasteiger charge is 2.42. The molecule has 7 heteroatoms. The van der Waals surface area contributed by atoms with Gasteiger partial charge in [0, 0.05) is 31.6 Å². The molecule has 1 aliphatic rings. The molecule has 0 amide bonds. The van der Waals surface area contributed by atoms with Gasteiger partial charge in [0.25, 0.3) is 0 Å². The molecule has 0 aliphatic carbocycles. The number of rotatable bonds is 6. The Kier molecular flexibility index (Phi) is 5.43. The first-order chi connectivity index (χ1) is 12.3. The van der Waals surface area contributed by atoms with Crippen LogP contribution in [0.25, 0.3) is 11.1 Å². The van der Waals surface area contributed by atoms with Crippen molar-refractivity contribution in [3.63, 3.8) is 0 Å². The molecule has 26 heavy (non-hydrogen) atoms. The van der Waals surface area contributed by atoms with Crippen LogP contribution in [0.4, 0.5) is 4.39 Å². The minimum absolute atomic E-state index is 0.0184. The van der Waals surface area contributed by atoms with Crippen molar-refractivity contribution in [2.45, 2.75) is 18.0 Å². The maximum absolute atomic E-state index is 13.4. The topological polar surface area (TPSA) is 69.6 Å². The van der Waals surface area contributed by atoms with Crippen molar-refractivity contribution in [1.29, 1.82) is 0 Å². The van der Waals surface area contributed by atoms with Crippen LogP contribution in [0.3, 0.4) is 0 Å². The molecule has 0 unspecified atom stereocenters. The predicted octanol–water partition coefficient (Wildman–Crippen LogP) is 1.80. The van der Waals surface area contributed by atoms with Gasteiger partial charge in [-0.3, -0.25) is 0 Å². The van der Waals surface area contributed by atoms with Crippen molar-refractivity contribution in [1.82, 2.24) is 9.62 Å². The molecule has 0 radical (unpaired) electrons. The highest BCUT2D eigenvalue weighted by atomic mass is 32.2. The lowest BCUT2D eigenvalue weighted by Gasteiger charge is -2.47. The molecule has 2 aromatic rings. The van der Waals surface area contributed by atoms with Gasteiger partial charge in [0.2, 0.25) is 10.0 Å². The van der Waals surface area contributed by atoms with E-state index in [2.05, 4.69) is 5.32 Å². The van der Waals surface area contributed by atoms with E-state index in [1.54, 1.807) is 13.1 Å². The van der Waals surface area contributed by atoms with Crippen molar-refractivity contribution in [3.8, 4) is 11.1 Å². The van der Waals surface area contributed by atoms with E-state index in [1.807, 2.05) is 30.3 Å². The molecule has 0 spiro atoms. The van der Waals surface area contributed by atoms with Gasteiger partial charge in [-0.2, -0.15) is 0 Å². The summed E-state index contributed by atoms with van der Waals surface area (Å²) in [5.41, 5.74) is 2.73. The molecular weight excluding hydrogens is 355 g/mol. The van der Waals surface area contributed by atoms with E-state index < -0.39 is 10.0 Å². The molecule has 5 nitrogen and oxygen atoms in total. The Morgan fingerprint density at radius 3 is 2.38 bits per heavy atom. The van der Waals surface area contributed by atoms with E-state index in [9.17, 15) is 17.9 Å². The second-order valence-electron chi connectivity index (χ2n) is 6.76. The summed E-state index contributed by atoms with van der Waals surface area (Å²) in [6.45, 7) is 0.320. The largest absolute Gasteiger partial charge is 0.395 e. The monoisotopic (exact) mass is 378 g/mol. The number of sulfonamides is 1. The molecule has 140 valence electrons. The van der Waals surface area contributed by atoms with Crippen LogP contribution in [-0.2, 0) is 10.0 Å². The number of aliphatic hydroxyl groups is 1. The molecule has 2 N–H and O–H groups in total. The Balaban J connectivity index is 1.79. The van der Waals surface area contributed by atoms with Crippen LogP contribution >= 0.6 is 0 Å². The summed E-state index contributed by atoms with van der Waals surface area (Å²) in [6, 6.07) is 14.0. The van der Waals surface area contributed by atoms with Gasteiger partial charge in [-0.1, -0.05) is 36.4 Å². The first-order valence-corrected chi connectivity index (χ1v) is 10.3. The predicted molar refractivity (Wildman–Crippen MR) is 99.8 cm³/mol. The third-order valence-corrected chi connectivity index (χ3v) is 6.25. The smallest absolute Gasteiger partial charge is 0.211 e. The van der Waals surface area contributed by atoms with Crippen LogP contribution in [-0.4, -0.2) is 56.4 Å². The fourth-order valence-corrected chi connectivity index (χ4v) is 3.85. The van der Waals surface area contributed by atoms with Gasteiger partial charge in [-0.25, -0.2) is 17.1 Å². The Bertz CT molecular complexity index is 871. The summed E-state index contributed by atoms with van der Waals surface area (Å²) in [6.07, 6.45) is 1.18. The maximum Gasteiger partial charge on any atom is 0.211 e. The lowest BCUT2D eigenvalue weighted by Crippen LogP contribution is -2.64. The number of nitrogens with zero attached hydrogens (tertiary/aromatic N) is 1. The van der Waals surface area contributed by atoms with Crippen LogP contribution in [0.5, 0.6) is 0 Å². The summed E-state index contributed by atoms with van der Waals surface area (Å²) >= 11 is 0. The average Bonchev–Trinajstić information content (AvgIpc) is 2.57. The normalized spacial score (nSPS) is 23.0. The van der Waals surface area contributed by atoms with E-state index in [4.69, 9.17) is 0 Å². The highest BCUT2D eigenvalue weighted by molar-refractivity contribution is 7.88. The first-order valence-electron chi connectivity index (χ1n) is 8.43. The van der Waals surface area contributed by atoms with Gasteiger partial charge in [0.05, 0.1) is 12.9 Å². The molecule has 1 fully saturated rings. The van der Waals surface area contributed by atoms with Gasteiger partial charge in [0.1, 0.15) is 5.82 Å². The van der Waals surface area contributed by atoms with Gasteiger partial charge >= 0.3 is 0 Å². The number of halogens is 1. The van der Waals surface area contributed by atoms with Crippen LogP contribution in [0.15, 0.2) is 48.5 Å². The Morgan fingerprint density at radius 1 is 1.12 bits per heavy atom. The van der Waals surface area contributed by atoms with Crippen molar-refractivity contribution >= 4 is 10.0 Å². The number of hydrogen-bond donors (Lipinski definition) is 2. The lowest BCUT2D eigenvalue weighted by atomic mass is 9.77. The van der Waals surface area contributed by atoms with E-state index in [-0.39, 0.29) is 30.4 Å². The van der Waals surface area contributed by atoms with Crippen molar-refractivity contribution in [2.75, 3.05) is 26.5 Å². The van der Waals surface area contributed by atoms with Gasteiger partial charge in [0.15, 0.2) is 0 Å². The summed E-state index contributed by atoms with van der Waals surface area (Å²) in [5, 5.41) is 12.8. The van der Waals surface area contributed by atoms with E-state index in [0.717, 1.165) is 16.7 Å². The minimum Gasteiger partial charge on any atom is -0.395 e. The molecule has 1 aliphatic heterocycles. The lowest BCUT2D eigenvalue weighted by molar-refractivity contribution is 0.118. The fourth-order valence-electron chi connectivity index (χ4n) is 3.42. The van der Waals surface area contributed by atoms with Gasteiger partial charge in [-0.15, -0.1) is 0 Å². The molecule has 0 saturated carbocycles. The number of benzene rings is 2. The maximum atomic E-state index is 13.4. The van der Waals surface area contributed by atoms with Crippen molar-refractivity contribution < 1.29 is 17.9 Å². The third-order valence-electron chi connectivity index (χ3n) is 4.97. The third kappa shape index (κ3) is 3.96. The summed E-state index contributed by atoms with van der Waals surface area (Å²) < 4.78 is 38.0. The Hall–Kier alpha value is -1.80. The van der Waals surface area contributed by atoms with E-state index in [0.29, 0.717) is 6.54 Å². The fraction of sp³-hybridized carbons (Fsp3) is 0.368. The first kappa shape index (κ1) is 19.0. The standard InChI is InChI=1S/C19H23FN2O3S/c1-22(26(2,24)25)11-17-19(18(12-23)21-17)14-8-6-13(7-9-14)15-4-3-5-16(20)10-15/h3-10,17-19,21,23H,11-12H2,1-2H3/t17-,18-,19+/m0/s1. The van der Waals surface area contributed by atoms with Crippen LogP contribution in [0, 0.1) is 5.82 Å². The minimum atomic E-state index is -3.26. The van der Waals surface area contributed by atoms with E-state index in [1.165, 1.54) is 22.7 Å². The SMILES string of the molecule is CN(C[C@@H]1N[C@@H](CO)[C@@H]1c1ccc(-c2cccc(F)c2)cc1)S(C)(=O)=O. The molecule has 1 saturated heterocycles. The molecular formula is C19H23FN2O3S. The zero-order chi connectivity index (χ0) is 18.9. The highest BCUT2D eigenvalue weighted by Crippen LogP contribution is 2.34. The van der Waals surface area contributed by atoms with Crippen LogP contribution in [0.1, 0.15) is 11.5 Å². The van der Waals surface area contributed by atoms with E-state index >= 15 is 0 Å². The van der Waals surface area contributed by atoms with Crippen molar-refractivity contribution in [3.05, 3.63) is 59.9 Å². The Labute approximate surface area is 153 Å². The Morgan fingerprint density at radius 2 is 1.81 bits per heavy atom. The molecule has 1 heterocycles. The molecule has 3 atom stereocenters. The molecule has 0 aromatic heterocycles. The summed E-state index contributed by atoms with van der Waals surface area (Å²) in [5.74, 6) is -0.259.